The van der Waals surface area contributed by atoms with E-state index in [4.69, 9.17) is 5.11 Å². The van der Waals surface area contributed by atoms with E-state index in [0.29, 0.717) is 12.6 Å². The summed E-state index contributed by atoms with van der Waals surface area (Å²) < 4.78 is 0. The number of aliphatic hydroxyl groups excluding tert-OH is 1. The summed E-state index contributed by atoms with van der Waals surface area (Å²) in [5.41, 5.74) is 1.98. The van der Waals surface area contributed by atoms with Gasteiger partial charge in [0.2, 0.25) is 5.91 Å². The van der Waals surface area contributed by atoms with Gasteiger partial charge in [0.25, 0.3) is 0 Å². The summed E-state index contributed by atoms with van der Waals surface area (Å²) >= 11 is 0. The van der Waals surface area contributed by atoms with Crippen molar-refractivity contribution in [1.82, 2.24) is 10.6 Å². The van der Waals surface area contributed by atoms with Crippen molar-refractivity contribution in [2.75, 3.05) is 0 Å². The number of benzene rings is 1. The molecule has 1 aliphatic rings. The molecule has 4 nitrogen and oxygen atoms in total. The van der Waals surface area contributed by atoms with Crippen molar-refractivity contribution < 1.29 is 9.90 Å². The lowest BCUT2D eigenvalue weighted by atomic mass is 10.1. The van der Waals surface area contributed by atoms with E-state index in [2.05, 4.69) is 10.6 Å². The van der Waals surface area contributed by atoms with Gasteiger partial charge in [0, 0.05) is 12.6 Å². The molecule has 0 bridgehead atoms. The maximum atomic E-state index is 12.0. The second kappa shape index (κ2) is 7.41. The molecule has 0 spiro atoms. The SMILES string of the molecule is CC(NCc1cccc(CO)c1)C(=O)NC1CCCC1. The van der Waals surface area contributed by atoms with E-state index in [9.17, 15) is 4.79 Å². The van der Waals surface area contributed by atoms with Crippen molar-refractivity contribution in [2.24, 2.45) is 0 Å². The van der Waals surface area contributed by atoms with Crippen molar-refractivity contribution in [3.8, 4) is 0 Å². The normalized spacial score (nSPS) is 17.1. The first-order valence-electron chi connectivity index (χ1n) is 7.41. The molecular formula is C16H24N2O2. The number of hydrogen-bond acceptors (Lipinski definition) is 3. The monoisotopic (exact) mass is 276 g/mol. The summed E-state index contributed by atoms with van der Waals surface area (Å²) in [4.78, 5) is 12.0. The van der Waals surface area contributed by atoms with Crippen molar-refractivity contribution in [3.05, 3.63) is 35.4 Å². The van der Waals surface area contributed by atoms with Gasteiger partial charge < -0.3 is 15.7 Å². The van der Waals surface area contributed by atoms with Crippen LogP contribution in [0.15, 0.2) is 24.3 Å². The molecule has 0 radical (unpaired) electrons. The van der Waals surface area contributed by atoms with E-state index in [0.717, 1.165) is 24.0 Å². The molecule has 1 unspecified atom stereocenters. The van der Waals surface area contributed by atoms with Crippen LogP contribution in [0.5, 0.6) is 0 Å². The smallest absolute Gasteiger partial charge is 0.237 e. The molecule has 1 fully saturated rings. The summed E-state index contributed by atoms with van der Waals surface area (Å²) in [6.45, 7) is 2.57. The first-order chi connectivity index (χ1) is 9.69. The van der Waals surface area contributed by atoms with Crippen LogP contribution in [0.25, 0.3) is 0 Å². The number of amides is 1. The van der Waals surface area contributed by atoms with E-state index < -0.39 is 0 Å². The molecule has 0 aliphatic heterocycles. The van der Waals surface area contributed by atoms with E-state index in [1.807, 2.05) is 31.2 Å². The highest BCUT2D eigenvalue weighted by atomic mass is 16.3. The van der Waals surface area contributed by atoms with Crippen molar-refractivity contribution >= 4 is 5.91 Å². The maximum Gasteiger partial charge on any atom is 0.237 e. The molecular weight excluding hydrogens is 252 g/mol. The largest absolute Gasteiger partial charge is 0.392 e. The van der Waals surface area contributed by atoms with Gasteiger partial charge in [0.1, 0.15) is 0 Å². The van der Waals surface area contributed by atoms with E-state index in [-0.39, 0.29) is 18.6 Å². The van der Waals surface area contributed by atoms with E-state index in [1.165, 1.54) is 12.8 Å². The molecule has 1 aromatic rings. The number of carbonyl (C=O) groups excluding carboxylic acids is 1. The number of carbonyl (C=O) groups is 1. The third-order valence-electron chi connectivity index (χ3n) is 3.88. The number of nitrogens with one attached hydrogen (secondary N) is 2. The molecule has 1 amide bonds. The summed E-state index contributed by atoms with van der Waals surface area (Å²) in [6.07, 6.45) is 4.66. The van der Waals surface area contributed by atoms with E-state index in [1.54, 1.807) is 0 Å². The zero-order valence-electron chi connectivity index (χ0n) is 12.1. The highest BCUT2D eigenvalue weighted by molar-refractivity contribution is 5.81. The van der Waals surface area contributed by atoms with Gasteiger partial charge in [-0.2, -0.15) is 0 Å². The molecule has 1 atom stereocenters. The first kappa shape index (κ1) is 15.0. The Bertz CT molecular complexity index is 442. The molecule has 2 rings (SSSR count). The standard InChI is InChI=1S/C16H24N2O2/c1-12(16(20)18-15-7-2-3-8-15)17-10-13-5-4-6-14(9-13)11-19/h4-6,9,12,15,17,19H,2-3,7-8,10-11H2,1H3,(H,18,20). The minimum atomic E-state index is -0.201. The number of hydrogen-bond donors (Lipinski definition) is 3. The van der Waals surface area contributed by atoms with Crippen LogP contribution in [0.2, 0.25) is 0 Å². The fourth-order valence-electron chi connectivity index (χ4n) is 2.60. The third-order valence-corrected chi connectivity index (χ3v) is 3.88. The van der Waals surface area contributed by atoms with Crippen LogP contribution in [0, 0.1) is 0 Å². The van der Waals surface area contributed by atoms with Gasteiger partial charge >= 0.3 is 0 Å². The van der Waals surface area contributed by atoms with Gasteiger partial charge in [0.05, 0.1) is 12.6 Å². The highest BCUT2D eigenvalue weighted by Gasteiger charge is 2.20. The van der Waals surface area contributed by atoms with Crippen LogP contribution < -0.4 is 10.6 Å². The lowest BCUT2D eigenvalue weighted by molar-refractivity contribution is -0.123. The van der Waals surface area contributed by atoms with Crippen molar-refractivity contribution in [1.29, 1.82) is 0 Å². The van der Waals surface area contributed by atoms with Crippen molar-refractivity contribution in [3.63, 3.8) is 0 Å². The predicted octanol–water partition coefficient (Wildman–Crippen LogP) is 1.72. The molecule has 3 N–H and O–H groups in total. The Hall–Kier alpha value is -1.39. The van der Waals surface area contributed by atoms with Crippen LogP contribution in [-0.2, 0) is 17.9 Å². The molecule has 1 aliphatic carbocycles. The fourth-order valence-corrected chi connectivity index (χ4v) is 2.60. The third kappa shape index (κ3) is 4.32. The van der Waals surface area contributed by atoms with Crippen LogP contribution in [0.3, 0.4) is 0 Å². The number of aliphatic hydroxyl groups is 1. The summed E-state index contributed by atoms with van der Waals surface area (Å²) in [6, 6.07) is 7.92. The average Bonchev–Trinajstić information content (AvgIpc) is 2.97. The van der Waals surface area contributed by atoms with Gasteiger partial charge in [-0.15, -0.1) is 0 Å². The molecule has 0 aromatic heterocycles. The van der Waals surface area contributed by atoms with Crippen LogP contribution in [-0.4, -0.2) is 23.1 Å². The molecule has 110 valence electrons. The van der Waals surface area contributed by atoms with Crippen molar-refractivity contribution in [2.45, 2.75) is 57.8 Å². The summed E-state index contributed by atoms with van der Waals surface area (Å²) in [5.74, 6) is 0.0789. The molecule has 1 saturated carbocycles. The van der Waals surface area contributed by atoms with Gasteiger partial charge in [-0.3, -0.25) is 4.79 Å². The van der Waals surface area contributed by atoms with Crippen LogP contribution in [0.4, 0.5) is 0 Å². The second-order valence-electron chi connectivity index (χ2n) is 5.57. The Labute approximate surface area is 120 Å². The summed E-state index contributed by atoms with van der Waals surface area (Å²) in [7, 11) is 0. The fraction of sp³-hybridized carbons (Fsp3) is 0.562. The van der Waals surface area contributed by atoms with Gasteiger partial charge in [0.15, 0.2) is 0 Å². The minimum Gasteiger partial charge on any atom is -0.392 e. The van der Waals surface area contributed by atoms with Crippen LogP contribution in [0.1, 0.15) is 43.7 Å². The minimum absolute atomic E-state index is 0.0472. The zero-order valence-corrected chi connectivity index (χ0v) is 12.1. The molecule has 20 heavy (non-hydrogen) atoms. The Balaban J connectivity index is 1.78. The maximum absolute atomic E-state index is 12.0. The lowest BCUT2D eigenvalue weighted by Gasteiger charge is -2.18. The Kier molecular flexibility index (Phi) is 5.56. The van der Waals surface area contributed by atoms with Crippen LogP contribution >= 0.6 is 0 Å². The van der Waals surface area contributed by atoms with Gasteiger partial charge in [-0.05, 0) is 30.9 Å². The second-order valence-corrected chi connectivity index (χ2v) is 5.57. The average molecular weight is 276 g/mol. The quantitative estimate of drug-likeness (QED) is 0.741. The molecule has 4 heteroatoms. The highest BCUT2D eigenvalue weighted by Crippen LogP contribution is 2.17. The van der Waals surface area contributed by atoms with Gasteiger partial charge in [-0.25, -0.2) is 0 Å². The zero-order chi connectivity index (χ0) is 14.4. The topological polar surface area (TPSA) is 61.4 Å². The Morgan fingerprint density at radius 3 is 2.75 bits per heavy atom. The lowest BCUT2D eigenvalue weighted by Crippen LogP contribution is -2.45. The number of rotatable bonds is 6. The summed E-state index contributed by atoms with van der Waals surface area (Å²) in [5, 5.41) is 15.4. The first-order valence-corrected chi connectivity index (χ1v) is 7.41. The predicted molar refractivity (Wildman–Crippen MR) is 79.1 cm³/mol. The Morgan fingerprint density at radius 2 is 2.05 bits per heavy atom. The molecule has 0 heterocycles. The van der Waals surface area contributed by atoms with Gasteiger partial charge in [-0.1, -0.05) is 37.1 Å². The van der Waals surface area contributed by atoms with E-state index >= 15 is 0 Å². The Morgan fingerprint density at radius 1 is 1.35 bits per heavy atom. The molecule has 1 aromatic carbocycles. The molecule has 0 saturated heterocycles.